The predicted molar refractivity (Wildman–Crippen MR) is 42.5 cm³/mol. The molecule has 5 heteroatoms. The largest absolute Gasteiger partial charge is 0.464 e. The van der Waals surface area contributed by atoms with Crippen molar-refractivity contribution in [2.45, 2.75) is 19.4 Å². The van der Waals surface area contributed by atoms with E-state index in [1.54, 1.807) is 4.68 Å². The first-order valence-electron chi connectivity index (χ1n) is 3.52. The van der Waals surface area contributed by atoms with Gasteiger partial charge in [0.1, 0.15) is 0 Å². The summed E-state index contributed by atoms with van der Waals surface area (Å²) in [6, 6.07) is 1.02. The van der Waals surface area contributed by atoms with Crippen LogP contribution >= 0.6 is 15.9 Å². The Bertz CT molecular complexity index is 273. The quantitative estimate of drug-likeness (QED) is 0.660. The van der Waals surface area contributed by atoms with E-state index < -0.39 is 0 Å². The Kier molecular flexibility index (Phi) is 1.60. The molecular weight excluding hydrogens is 210 g/mol. The summed E-state index contributed by atoms with van der Waals surface area (Å²) in [5, 5.41) is 4.13. The maximum Gasteiger partial charge on any atom is 0.316 e. The number of rotatable bonds is 0. The van der Waals surface area contributed by atoms with Crippen molar-refractivity contribution >= 4 is 15.9 Å². The van der Waals surface area contributed by atoms with Crippen LogP contribution in [-0.2, 0) is 0 Å². The van der Waals surface area contributed by atoms with Gasteiger partial charge >= 0.3 is 6.01 Å². The molecule has 0 N–H and O–H groups in total. The van der Waals surface area contributed by atoms with Crippen LogP contribution in [0.5, 0.6) is 6.01 Å². The van der Waals surface area contributed by atoms with Gasteiger partial charge in [-0.15, -0.1) is 5.10 Å². The van der Waals surface area contributed by atoms with Crippen molar-refractivity contribution in [2.75, 3.05) is 6.61 Å². The zero-order chi connectivity index (χ0) is 7.84. The van der Waals surface area contributed by atoms with E-state index in [0.29, 0.717) is 16.8 Å². The number of aromatic nitrogens is 3. The first kappa shape index (κ1) is 7.09. The third-order valence-electron chi connectivity index (χ3n) is 1.76. The topological polar surface area (TPSA) is 39.9 Å². The third kappa shape index (κ3) is 1.13. The molecule has 0 fully saturated rings. The molecule has 0 bridgehead atoms. The van der Waals surface area contributed by atoms with E-state index in [9.17, 15) is 0 Å². The van der Waals surface area contributed by atoms with Crippen LogP contribution in [0.15, 0.2) is 4.73 Å². The Labute approximate surface area is 72.7 Å². The molecule has 60 valence electrons. The maximum absolute atomic E-state index is 5.27. The molecule has 1 aliphatic heterocycles. The fraction of sp³-hybridized carbons (Fsp3) is 0.667. The summed E-state index contributed by atoms with van der Waals surface area (Å²) in [6.07, 6.45) is 1.00. The predicted octanol–water partition coefficient (Wildman–Crippen LogP) is 1.38. The highest BCUT2D eigenvalue weighted by molar-refractivity contribution is 9.10. The molecule has 1 aromatic rings. The second kappa shape index (κ2) is 2.48. The van der Waals surface area contributed by atoms with Crippen molar-refractivity contribution in [1.82, 2.24) is 14.8 Å². The van der Waals surface area contributed by atoms with E-state index in [-0.39, 0.29) is 0 Å². The van der Waals surface area contributed by atoms with Crippen LogP contribution in [0.1, 0.15) is 19.4 Å². The summed E-state index contributed by atoms with van der Waals surface area (Å²) in [4.78, 5) is 4.05. The molecule has 0 aromatic carbocycles. The van der Waals surface area contributed by atoms with Crippen molar-refractivity contribution in [3.05, 3.63) is 4.73 Å². The highest BCUT2D eigenvalue weighted by atomic mass is 79.9. The van der Waals surface area contributed by atoms with Gasteiger partial charge in [0.25, 0.3) is 0 Å². The Morgan fingerprint density at radius 2 is 2.55 bits per heavy atom. The summed E-state index contributed by atoms with van der Waals surface area (Å²) in [5.74, 6) is 0. The average molecular weight is 218 g/mol. The molecule has 1 aromatic heterocycles. The SMILES string of the molecule is CC1CCOc2nc(Br)nn21. The number of nitrogens with zero attached hydrogens (tertiary/aromatic N) is 3. The molecule has 0 aliphatic carbocycles. The first-order chi connectivity index (χ1) is 5.27. The second-order valence-corrected chi connectivity index (χ2v) is 3.30. The molecule has 0 radical (unpaired) electrons. The molecule has 1 atom stereocenters. The molecule has 1 unspecified atom stereocenters. The molecule has 0 amide bonds. The van der Waals surface area contributed by atoms with Crippen molar-refractivity contribution in [1.29, 1.82) is 0 Å². The molecule has 2 rings (SSSR count). The third-order valence-corrected chi connectivity index (χ3v) is 2.09. The Balaban J connectivity index is 2.43. The summed E-state index contributed by atoms with van der Waals surface area (Å²) >= 11 is 3.20. The van der Waals surface area contributed by atoms with Gasteiger partial charge in [-0.1, -0.05) is 0 Å². The van der Waals surface area contributed by atoms with Gasteiger partial charge in [-0.2, -0.15) is 4.98 Å². The van der Waals surface area contributed by atoms with Crippen molar-refractivity contribution < 1.29 is 4.74 Å². The van der Waals surface area contributed by atoms with Crippen LogP contribution < -0.4 is 4.74 Å². The lowest BCUT2D eigenvalue weighted by atomic mass is 10.2. The monoisotopic (exact) mass is 217 g/mol. The molecule has 0 saturated heterocycles. The number of fused-ring (bicyclic) bond motifs is 1. The van der Waals surface area contributed by atoms with Crippen LogP contribution in [-0.4, -0.2) is 21.4 Å². The summed E-state index contributed by atoms with van der Waals surface area (Å²) < 4.78 is 7.67. The van der Waals surface area contributed by atoms with E-state index in [4.69, 9.17) is 4.74 Å². The fourth-order valence-corrected chi connectivity index (χ4v) is 1.44. The van der Waals surface area contributed by atoms with Gasteiger partial charge in [-0.05, 0) is 22.9 Å². The summed E-state index contributed by atoms with van der Waals surface area (Å²) in [6.45, 7) is 2.85. The van der Waals surface area contributed by atoms with E-state index >= 15 is 0 Å². The average Bonchev–Trinajstić information content (AvgIpc) is 2.31. The number of hydrogen-bond donors (Lipinski definition) is 0. The minimum Gasteiger partial charge on any atom is -0.464 e. The van der Waals surface area contributed by atoms with E-state index in [2.05, 4.69) is 32.9 Å². The lowest BCUT2D eigenvalue weighted by molar-refractivity contribution is 0.193. The van der Waals surface area contributed by atoms with Gasteiger partial charge in [-0.25, -0.2) is 4.68 Å². The Morgan fingerprint density at radius 1 is 1.73 bits per heavy atom. The maximum atomic E-state index is 5.27. The molecule has 0 spiro atoms. The lowest BCUT2D eigenvalue weighted by Crippen LogP contribution is -2.19. The van der Waals surface area contributed by atoms with Crippen LogP contribution in [0.3, 0.4) is 0 Å². The summed E-state index contributed by atoms with van der Waals surface area (Å²) in [7, 11) is 0. The standard InChI is InChI=1S/C6H8BrN3O/c1-4-2-3-11-6-8-5(7)9-10(4)6/h4H,2-3H2,1H3. The highest BCUT2D eigenvalue weighted by Gasteiger charge is 2.19. The smallest absolute Gasteiger partial charge is 0.316 e. The number of halogens is 1. The first-order valence-corrected chi connectivity index (χ1v) is 4.31. The van der Waals surface area contributed by atoms with Crippen molar-refractivity contribution in [3.63, 3.8) is 0 Å². The van der Waals surface area contributed by atoms with Gasteiger partial charge in [-0.3, -0.25) is 0 Å². The fourth-order valence-electron chi connectivity index (χ4n) is 1.11. The summed E-state index contributed by atoms with van der Waals surface area (Å²) in [5.41, 5.74) is 0. The molecule has 2 heterocycles. The van der Waals surface area contributed by atoms with Crippen molar-refractivity contribution in [3.8, 4) is 6.01 Å². The van der Waals surface area contributed by atoms with Gasteiger partial charge in [0, 0.05) is 6.42 Å². The zero-order valence-electron chi connectivity index (χ0n) is 6.12. The van der Waals surface area contributed by atoms with Gasteiger partial charge < -0.3 is 4.74 Å². The van der Waals surface area contributed by atoms with E-state index in [0.717, 1.165) is 13.0 Å². The van der Waals surface area contributed by atoms with Gasteiger partial charge in [0.05, 0.1) is 12.6 Å². The molecule has 11 heavy (non-hydrogen) atoms. The van der Waals surface area contributed by atoms with Crippen LogP contribution in [0.4, 0.5) is 0 Å². The molecule has 4 nitrogen and oxygen atoms in total. The normalized spacial score (nSPS) is 22.5. The number of hydrogen-bond acceptors (Lipinski definition) is 3. The highest BCUT2D eigenvalue weighted by Crippen LogP contribution is 2.24. The van der Waals surface area contributed by atoms with Crippen LogP contribution in [0.25, 0.3) is 0 Å². The minimum absolute atomic E-state index is 0.401. The van der Waals surface area contributed by atoms with Crippen LogP contribution in [0.2, 0.25) is 0 Å². The molecular formula is C6H8BrN3O. The molecule has 0 saturated carbocycles. The van der Waals surface area contributed by atoms with Gasteiger partial charge in [0.15, 0.2) is 0 Å². The lowest BCUT2D eigenvalue weighted by Gasteiger charge is -2.19. The van der Waals surface area contributed by atoms with E-state index in [1.807, 2.05) is 0 Å². The van der Waals surface area contributed by atoms with Crippen LogP contribution in [0, 0.1) is 0 Å². The Hall–Kier alpha value is -0.580. The van der Waals surface area contributed by atoms with Crippen molar-refractivity contribution in [2.24, 2.45) is 0 Å². The second-order valence-electron chi connectivity index (χ2n) is 2.59. The Morgan fingerprint density at radius 3 is 3.27 bits per heavy atom. The minimum atomic E-state index is 0.401. The zero-order valence-corrected chi connectivity index (χ0v) is 7.71. The van der Waals surface area contributed by atoms with E-state index in [1.165, 1.54) is 0 Å². The molecule has 1 aliphatic rings. The number of ether oxygens (including phenoxy) is 1. The van der Waals surface area contributed by atoms with Gasteiger partial charge in [0.2, 0.25) is 4.73 Å².